The monoisotopic (exact) mass is 229 g/mol. The van der Waals surface area contributed by atoms with Crippen LogP contribution in [0.2, 0.25) is 0 Å². The van der Waals surface area contributed by atoms with E-state index in [0.29, 0.717) is 0 Å². The fourth-order valence-electron chi connectivity index (χ4n) is 1.58. The maximum atomic E-state index is 11.8. The Bertz CT molecular complexity index is 534. The Balaban J connectivity index is 2.33. The molecule has 1 aromatic heterocycles. The number of pyridine rings is 1. The van der Waals surface area contributed by atoms with Gasteiger partial charge in [0.2, 0.25) is 5.91 Å². The number of anilines is 1. The molecule has 0 spiro atoms. The molecule has 0 fully saturated rings. The van der Waals surface area contributed by atoms with Crippen molar-refractivity contribution in [3.8, 4) is 0 Å². The first-order valence-corrected chi connectivity index (χ1v) is 5.54. The zero-order valence-electron chi connectivity index (χ0n) is 9.90. The molecule has 1 amide bonds. The van der Waals surface area contributed by atoms with Gasteiger partial charge in [0.15, 0.2) is 0 Å². The zero-order chi connectivity index (χ0) is 12.3. The number of carbonyl (C=O) groups is 1. The first-order valence-electron chi connectivity index (χ1n) is 5.54. The van der Waals surface area contributed by atoms with Crippen LogP contribution in [0.3, 0.4) is 0 Å². The molecule has 0 aliphatic heterocycles. The van der Waals surface area contributed by atoms with E-state index in [1.54, 1.807) is 13.2 Å². The van der Waals surface area contributed by atoms with E-state index < -0.39 is 0 Å². The van der Waals surface area contributed by atoms with Gasteiger partial charge in [-0.1, -0.05) is 6.07 Å². The van der Waals surface area contributed by atoms with Gasteiger partial charge in [-0.2, -0.15) is 0 Å². The molecule has 1 unspecified atom stereocenters. The van der Waals surface area contributed by atoms with Crippen LogP contribution in [0.15, 0.2) is 36.5 Å². The number of aromatic nitrogens is 1. The molecule has 0 aliphatic rings. The molecule has 0 saturated carbocycles. The Morgan fingerprint density at radius 3 is 2.88 bits per heavy atom. The van der Waals surface area contributed by atoms with Gasteiger partial charge in [0, 0.05) is 11.6 Å². The Morgan fingerprint density at radius 2 is 2.12 bits per heavy atom. The maximum absolute atomic E-state index is 11.8. The van der Waals surface area contributed by atoms with Crippen molar-refractivity contribution in [1.29, 1.82) is 0 Å². The van der Waals surface area contributed by atoms with Crippen LogP contribution in [-0.2, 0) is 4.79 Å². The molecule has 1 heterocycles. The minimum Gasteiger partial charge on any atom is -0.324 e. The Morgan fingerprint density at radius 1 is 1.29 bits per heavy atom. The number of hydrogen-bond donors (Lipinski definition) is 2. The molecule has 1 atom stereocenters. The molecule has 0 bridgehead atoms. The van der Waals surface area contributed by atoms with Crippen LogP contribution in [0, 0.1) is 0 Å². The van der Waals surface area contributed by atoms with E-state index in [-0.39, 0.29) is 11.9 Å². The fourth-order valence-corrected chi connectivity index (χ4v) is 1.58. The van der Waals surface area contributed by atoms with E-state index in [1.807, 2.05) is 37.3 Å². The third-order valence-corrected chi connectivity index (χ3v) is 2.73. The number of amides is 1. The predicted octanol–water partition coefficient (Wildman–Crippen LogP) is 1.78. The molecule has 4 nitrogen and oxygen atoms in total. The summed E-state index contributed by atoms with van der Waals surface area (Å²) in [5, 5.41) is 6.75. The number of fused-ring (bicyclic) bond motifs is 1. The van der Waals surface area contributed by atoms with Gasteiger partial charge in [-0.15, -0.1) is 0 Å². The van der Waals surface area contributed by atoms with Crippen molar-refractivity contribution in [3.05, 3.63) is 36.5 Å². The summed E-state index contributed by atoms with van der Waals surface area (Å²) in [6, 6.07) is 9.27. The molecule has 88 valence electrons. The van der Waals surface area contributed by atoms with Gasteiger partial charge in [-0.05, 0) is 38.2 Å². The van der Waals surface area contributed by atoms with Crippen molar-refractivity contribution in [2.45, 2.75) is 13.0 Å². The summed E-state index contributed by atoms with van der Waals surface area (Å²) in [5.74, 6) is -0.0520. The second-order valence-electron chi connectivity index (χ2n) is 3.88. The molecule has 17 heavy (non-hydrogen) atoms. The highest BCUT2D eigenvalue weighted by Crippen LogP contribution is 2.21. The average molecular weight is 229 g/mol. The number of carbonyl (C=O) groups excluding carboxylic acids is 1. The minimum atomic E-state index is -0.220. The number of benzene rings is 1. The highest BCUT2D eigenvalue weighted by Gasteiger charge is 2.11. The maximum Gasteiger partial charge on any atom is 0.241 e. The summed E-state index contributed by atoms with van der Waals surface area (Å²) in [6.07, 6.45) is 1.74. The van der Waals surface area contributed by atoms with Crippen molar-refractivity contribution in [3.63, 3.8) is 0 Å². The van der Waals surface area contributed by atoms with Crippen LogP contribution in [0.1, 0.15) is 6.92 Å². The Hall–Kier alpha value is -1.94. The average Bonchev–Trinajstić information content (AvgIpc) is 2.38. The number of nitrogens with one attached hydrogen (secondary N) is 2. The van der Waals surface area contributed by atoms with Gasteiger partial charge in [0.25, 0.3) is 0 Å². The van der Waals surface area contributed by atoms with Crippen LogP contribution in [0.25, 0.3) is 10.9 Å². The van der Waals surface area contributed by atoms with Crippen molar-refractivity contribution in [2.24, 2.45) is 0 Å². The van der Waals surface area contributed by atoms with Crippen molar-refractivity contribution in [2.75, 3.05) is 12.4 Å². The molecule has 1 aromatic carbocycles. The van der Waals surface area contributed by atoms with Crippen LogP contribution >= 0.6 is 0 Å². The molecule has 0 saturated heterocycles. The summed E-state index contributed by atoms with van der Waals surface area (Å²) in [7, 11) is 1.76. The SMILES string of the molecule is CNC(C)C(=O)Nc1cccc2ncccc12. The summed E-state index contributed by atoms with van der Waals surface area (Å²) in [5.41, 5.74) is 1.67. The predicted molar refractivity (Wildman–Crippen MR) is 68.9 cm³/mol. The lowest BCUT2D eigenvalue weighted by molar-refractivity contribution is -0.117. The summed E-state index contributed by atoms with van der Waals surface area (Å²) < 4.78 is 0. The molecular formula is C13H15N3O. The second kappa shape index (κ2) is 4.93. The molecule has 0 radical (unpaired) electrons. The number of likely N-dealkylation sites (N-methyl/N-ethyl adjacent to an activating group) is 1. The standard InChI is InChI=1S/C13H15N3O/c1-9(14-2)13(17)16-12-7-3-6-11-10(12)5-4-8-15-11/h3-9,14H,1-2H3,(H,16,17). The third kappa shape index (κ3) is 2.42. The van der Waals surface area contributed by atoms with Crippen LogP contribution in [-0.4, -0.2) is 24.0 Å². The summed E-state index contributed by atoms with van der Waals surface area (Å²) >= 11 is 0. The zero-order valence-corrected chi connectivity index (χ0v) is 9.90. The molecule has 2 aromatic rings. The van der Waals surface area contributed by atoms with Crippen LogP contribution in [0.5, 0.6) is 0 Å². The molecule has 2 rings (SSSR count). The Kier molecular flexibility index (Phi) is 3.35. The van der Waals surface area contributed by atoms with E-state index in [4.69, 9.17) is 0 Å². The lowest BCUT2D eigenvalue weighted by Crippen LogP contribution is -2.35. The quantitative estimate of drug-likeness (QED) is 0.843. The summed E-state index contributed by atoms with van der Waals surface area (Å²) in [4.78, 5) is 16.0. The number of nitrogens with zero attached hydrogens (tertiary/aromatic N) is 1. The Labute approximate surface area is 100 Å². The van der Waals surface area contributed by atoms with Crippen molar-refractivity contribution >= 4 is 22.5 Å². The van der Waals surface area contributed by atoms with Gasteiger partial charge in [0.1, 0.15) is 0 Å². The lowest BCUT2D eigenvalue weighted by atomic mass is 10.1. The van der Waals surface area contributed by atoms with E-state index in [9.17, 15) is 4.79 Å². The van der Waals surface area contributed by atoms with E-state index in [2.05, 4.69) is 15.6 Å². The van der Waals surface area contributed by atoms with Gasteiger partial charge in [-0.3, -0.25) is 9.78 Å². The van der Waals surface area contributed by atoms with Gasteiger partial charge < -0.3 is 10.6 Å². The van der Waals surface area contributed by atoms with Crippen molar-refractivity contribution < 1.29 is 4.79 Å². The van der Waals surface area contributed by atoms with Gasteiger partial charge in [-0.25, -0.2) is 0 Å². The highest BCUT2D eigenvalue weighted by molar-refractivity contribution is 6.02. The topological polar surface area (TPSA) is 54.0 Å². The minimum absolute atomic E-state index is 0.0520. The van der Waals surface area contributed by atoms with E-state index in [1.165, 1.54) is 0 Å². The third-order valence-electron chi connectivity index (χ3n) is 2.73. The number of rotatable bonds is 3. The molecule has 4 heteroatoms. The number of hydrogen-bond acceptors (Lipinski definition) is 3. The molecular weight excluding hydrogens is 214 g/mol. The van der Waals surface area contributed by atoms with E-state index >= 15 is 0 Å². The van der Waals surface area contributed by atoms with Crippen LogP contribution in [0.4, 0.5) is 5.69 Å². The fraction of sp³-hybridized carbons (Fsp3) is 0.231. The van der Waals surface area contributed by atoms with Crippen molar-refractivity contribution in [1.82, 2.24) is 10.3 Å². The van der Waals surface area contributed by atoms with E-state index in [0.717, 1.165) is 16.6 Å². The first-order chi connectivity index (χ1) is 8.22. The molecule has 2 N–H and O–H groups in total. The lowest BCUT2D eigenvalue weighted by Gasteiger charge is -2.12. The molecule has 0 aliphatic carbocycles. The highest BCUT2D eigenvalue weighted by atomic mass is 16.2. The van der Waals surface area contributed by atoms with Gasteiger partial charge >= 0.3 is 0 Å². The largest absolute Gasteiger partial charge is 0.324 e. The summed E-state index contributed by atoms with van der Waals surface area (Å²) in [6.45, 7) is 1.82. The normalized spacial score (nSPS) is 12.4. The van der Waals surface area contributed by atoms with Crippen LogP contribution < -0.4 is 10.6 Å². The first kappa shape index (κ1) is 11.5. The van der Waals surface area contributed by atoms with Gasteiger partial charge in [0.05, 0.1) is 17.2 Å². The smallest absolute Gasteiger partial charge is 0.241 e. The second-order valence-corrected chi connectivity index (χ2v) is 3.88.